The van der Waals surface area contributed by atoms with Gasteiger partial charge in [-0.3, -0.25) is 4.79 Å². The maximum Gasteiger partial charge on any atom is 0.255 e. The van der Waals surface area contributed by atoms with Crippen LogP contribution in [0.25, 0.3) is 0 Å². The molecule has 2 aromatic carbocycles. The van der Waals surface area contributed by atoms with Crippen LogP contribution in [0.15, 0.2) is 36.4 Å². The Labute approximate surface area is 129 Å². The van der Waals surface area contributed by atoms with Crippen LogP contribution in [0.1, 0.15) is 27.0 Å². The molecule has 1 amide bonds. The maximum absolute atomic E-state index is 13.3. The summed E-state index contributed by atoms with van der Waals surface area (Å²) in [5, 5.41) is 2.89. The first-order chi connectivity index (χ1) is 10.5. The molecule has 0 saturated heterocycles. The van der Waals surface area contributed by atoms with E-state index in [2.05, 4.69) is 23.3 Å². The van der Waals surface area contributed by atoms with E-state index in [0.717, 1.165) is 25.2 Å². The second-order valence-electron chi connectivity index (χ2n) is 5.89. The van der Waals surface area contributed by atoms with Crippen LogP contribution in [-0.2, 0) is 13.0 Å². The van der Waals surface area contributed by atoms with Crippen molar-refractivity contribution >= 4 is 11.6 Å². The third-order valence-corrected chi connectivity index (χ3v) is 4.09. The Morgan fingerprint density at radius 3 is 2.77 bits per heavy atom. The molecule has 1 heterocycles. The van der Waals surface area contributed by atoms with E-state index in [4.69, 9.17) is 0 Å². The number of fused-ring (bicyclic) bond motifs is 1. The van der Waals surface area contributed by atoms with Crippen molar-refractivity contribution in [3.05, 3.63) is 64.5 Å². The zero-order valence-electron chi connectivity index (χ0n) is 12.8. The number of halogens is 1. The van der Waals surface area contributed by atoms with E-state index in [0.29, 0.717) is 11.1 Å². The summed E-state index contributed by atoms with van der Waals surface area (Å²) >= 11 is 0. The summed E-state index contributed by atoms with van der Waals surface area (Å²) in [5.41, 5.74) is 4.31. The van der Waals surface area contributed by atoms with Crippen molar-refractivity contribution in [2.75, 3.05) is 18.9 Å². The number of likely N-dealkylation sites (N-methyl/N-ethyl adjacent to an activating group) is 1. The Kier molecular flexibility index (Phi) is 3.94. The van der Waals surface area contributed by atoms with E-state index in [1.165, 1.54) is 23.3 Å². The fraction of sp³-hybridized carbons (Fsp3) is 0.278. The third-order valence-electron chi connectivity index (χ3n) is 4.09. The van der Waals surface area contributed by atoms with Gasteiger partial charge in [-0.2, -0.15) is 0 Å². The lowest BCUT2D eigenvalue weighted by Gasteiger charge is -2.25. The highest BCUT2D eigenvalue weighted by atomic mass is 19.1. The Morgan fingerprint density at radius 2 is 2.00 bits per heavy atom. The highest BCUT2D eigenvalue weighted by Gasteiger charge is 2.14. The molecule has 22 heavy (non-hydrogen) atoms. The molecule has 0 unspecified atom stereocenters. The number of benzene rings is 2. The van der Waals surface area contributed by atoms with Crippen LogP contribution in [0, 0.1) is 12.7 Å². The smallest absolute Gasteiger partial charge is 0.255 e. The summed E-state index contributed by atoms with van der Waals surface area (Å²) < 4.78 is 13.3. The molecule has 0 spiro atoms. The zero-order chi connectivity index (χ0) is 15.7. The topological polar surface area (TPSA) is 32.3 Å². The molecule has 0 atom stereocenters. The summed E-state index contributed by atoms with van der Waals surface area (Å²) in [6.45, 7) is 3.61. The van der Waals surface area contributed by atoms with Gasteiger partial charge in [0, 0.05) is 24.3 Å². The van der Waals surface area contributed by atoms with Crippen LogP contribution in [0.2, 0.25) is 0 Å². The Bertz CT molecular complexity index is 727. The molecule has 2 aromatic rings. The number of hydrogen-bond acceptors (Lipinski definition) is 2. The molecule has 4 heteroatoms. The second-order valence-corrected chi connectivity index (χ2v) is 5.89. The number of nitrogens with zero attached hydrogens (tertiary/aromatic N) is 1. The number of amides is 1. The molecule has 3 rings (SSSR count). The first-order valence-corrected chi connectivity index (χ1v) is 7.41. The average Bonchev–Trinajstić information content (AvgIpc) is 2.49. The molecule has 0 bridgehead atoms. The van der Waals surface area contributed by atoms with E-state index < -0.39 is 0 Å². The van der Waals surface area contributed by atoms with Crippen LogP contribution in [0.3, 0.4) is 0 Å². The number of rotatable bonds is 2. The molecule has 0 aromatic heterocycles. The van der Waals surface area contributed by atoms with E-state index in [1.54, 1.807) is 13.0 Å². The van der Waals surface area contributed by atoms with Crippen molar-refractivity contribution < 1.29 is 9.18 Å². The summed E-state index contributed by atoms with van der Waals surface area (Å²) in [7, 11) is 2.09. The lowest BCUT2D eigenvalue weighted by atomic mass is 9.99. The normalized spacial score (nSPS) is 14.5. The molecular formula is C18H19FN2O. The summed E-state index contributed by atoms with van der Waals surface area (Å²) in [6.07, 6.45) is 1.04. The van der Waals surface area contributed by atoms with Gasteiger partial charge >= 0.3 is 0 Å². The minimum Gasteiger partial charge on any atom is -0.322 e. The van der Waals surface area contributed by atoms with Gasteiger partial charge in [-0.05, 0) is 67.4 Å². The van der Waals surface area contributed by atoms with Crippen LogP contribution >= 0.6 is 0 Å². The maximum atomic E-state index is 13.3. The first kappa shape index (κ1) is 14.7. The third kappa shape index (κ3) is 3.02. The van der Waals surface area contributed by atoms with Gasteiger partial charge < -0.3 is 10.2 Å². The molecule has 114 valence electrons. The fourth-order valence-electron chi connectivity index (χ4n) is 2.77. The quantitative estimate of drug-likeness (QED) is 0.922. The van der Waals surface area contributed by atoms with Gasteiger partial charge in [0.1, 0.15) is 5.82 Å². The molecular weight excluding hydrogens is 279 g/mol. The van der Waals surface area contributed by atoms with Crippen molar-refractivity contribution in [3.63, 3.8) is 0 Å². The Morgan fingerprint density at radius 1 is 1.18 bits per heavy atom. The summed E-state index contributed by atoms with van der Waals surface area (Å²) in [4.78, 5) is 14.5. The monoisotopic (exact) mass is 298 g/mol. The van der Waals surface area contributed by atoms with Crippen LogP contribution in [-0.4, -0.2) is 24.4 Å². The lowest BCUT2D eigenvalue weighted by Crippen LogP contribution is -2.26. The van der Waals surface area contributed by atoms with E-state index in [1.807, 2.05) is 12.1 Å². The average molecular weight is 298 g/mol. The van der Waals surface area contributed by atoms with Crippen molar-refractivity contribution in [2.24, 2.45) is 0 Å². The number of carbonyl (C=O) groups is 1. The lowest BCUT2D eigenvalue weighted by molar-refractivity contribution is 0.102. The molecule has 0 saturated carbocycles. The van der Waals surface area contributed by atoms with Gasteiger partial charge in [-0.15, -0.1) is 0 Å². The molecule has 0 aliphatic carbocycles. The van der Waals surface area contributed by atoms with Gasteiger partial charge in [-0.1, -0.05) is 6.07 Å². The molecule has 1 aliphatic heterocycles. The first-order valence-electron chi connectivity index (χ1n) is 7.41. The van der Waals surface area contributed by atoms with Gasteiger partial charge in [0.2, 0.25) is 0 Å². The SMILES string of the molecule is Cc1cc(C(=O)Nc2ccc3c(c2)CN(C)CC3)ccc1F. The summed E-state index contributed by atoms with van der Waals surface area (Å²) in [6, 6.07) is 10.4. The largest absolute Gasteiger partial charge is 0.322 e. The minimum atomic E-state index is -0.298. The molecule has 3 nitrogen and oxygen atoms in total. The van der Waals surface area contributed by atoms with E-state index in [9.17, 15) is 9.18 Å². The van der Waals surface area contributed by atoms with Gasteiger partial charge in [0.15, 0.2) is 0 Å². The number of nitrogens with one attached hydrogen (secondary N) is 1. The van der Waals surface area contributed by atoms with E-state index in [-0.39, 0.29) is 11.7 Å². The molecule has 1 aliphatic rings. The van der Waals surface area contributed by atoms with Crippen molar-refractivity contribution in [1.29, 1.82) is 0 Å². The fourth-order valence-corrected chi connectivity index (χ4v) is 2.77. The molecule has 1 N–H and O–H groups in total. The van der Waals surface area contributed by atoms with Gasteiger partial charge in [0.25, 0.3) is 5.91 Å². The van der Waals surface area contributed by atoms with Gasteiger partial charge in [0.05, 0.1) is 0 Å². The molecule has 0 radical (unpaired) electrons. The van der Waals surface area contributed by atoms with Crippen molar-refractivity contribution in [1.82, 2.24) is 4.90 Å². The van der Waals surface area contributed by atoms with Gasteiger partial charge in [-0.25, -0.2) is 4.39 Å². The predicted molar refractivity (Wildman–Crippen MR) is 85.6 cm³/mol. The highest BCUT2D eigenvalue weighted by Crippen LogP contribution is 2.22. The van der Waals surface area contributed by atoms with Crippen molar-refractivity contribution in [2.45, 2.75) is 19.9 Å². The zero-order valence-corrected chi connectivity index (χ0v) is 12.8. The van der Waals surface area contributed by atoms with Crippen LogP contribution in [0.5, 0.6) is 0 Å². The summed E-state index contributed by atoms with van der Waals surface area (Å²) in [5.74, 6) is -0.513. The Hall–Kier alpha value is -2.20. The number of hydrogen-bond donors (Lipinski definition) is 1. The van der Waals surface area contributed by atoms with Crippen LogP contribution in [0.4, 0.5) is 10.1 Å². The van der Waals surface area contributed by atoms with Crippen LogP contribution < -0.4 is 5.32 Å². The van der Waals surface area contributed by atoms with E-state index >= 15 is 0 Å². The Balaban J connectivity index is 1.79. The number of anilines is 1. The molecule has 0 fully saturated rings. The second kappa shape index (κ2) is 5.89. The minimum absolute atomic E-state index is 0.216. The number of aryl methyl sites for hydroxylation is 1. The highest BCUT2D eigenvalue weighted by molar-refractivity contribution is 6.04. The predicted octanol–water partition coefficient (Wildman–Crippen LogP) is 3.37. The standard InChI is InChI=1S/C18H19FN2O/c1-12-9-14(4-6-17(12)19)18(22)20-16-5-3-13-7-8-21(2)11-15(13)10-16/h3-6,9-10H,7-8,11H2,1-2H3,(H,20,22). The van der Waals surface area contributed by atoms with Crippen molar-refractivity contribution in [3.8, 4) is 0 Å². The number of carbonyl (C=O) groups excluding carboxylic acids is 1.